The molecule has 1 N–H and O–H groups in total. The van der Waals surface area contributed by atoms with Crippen LogP contribution in [0.5, 0.6) is 0 Å². The highest BCUT2D eigenvalue weighted by Crippen LogP contribution is 2.26. The monoisotopic (exact) mass is 473 g/mol. The van der Waals surface area contributed by atoms with Crippen LogP contribution in [-0.4, -0.2) is 39.1 Å². The second kappa shape index (κ2) is 10.5. The maximum absolute atomic E-state index is 13.4. The molecule has 33 heavy (non-hydrogen) atoms. The third-order valence-corrected chi connectivity index (χ3v) is 6.47. The van der Waals surface area contributed by atoms with Crippen molar-refractivity contribution in [3.05, 3.63) is 83.6 Å². The predicted octanol–water partition coefficient (Wildman–Crippen LogP) is 4.48. The highest BCUT2D eigenvalue weighted by molar-refractivity contribution is 7.92. The number of benzene rings is 2. The first-order valence-electron chi connectivity index (χ1n) is 10.6. The van der Waals surface area contributed by atoms with Crippen molar-refractivity contribution in [1.29, 1.82) is 0 Å². The van der Waals surface area contributed by atoms with Crippen molar-refractivity contribution in [2.45, 2.75) is 26.4 Å². The van der Waals surface area contributed by atoms with Crippen molar-refractivity contribution in [2.24, 2.45) is 0 Å². The van der Waals surface area contributed by atoms with E-state index in [4.69, 9.17) is 4.42 Å². The number of furan rings is 1. The molecule has 1 aromatic heterocycles. The van der Waals surface area contributed by atoms with Gasteiger partial charge in [0, 0.05) is 37.6 Å². The van der Waals surface area contributed by atoms with Gasteiger partial charge in [-0.05, 0) is 66.6 Å². The van der Waals surface area contributed by atoms with Crippen molar-refractivity contribution in [3.8, 4) is 0 Å². The zero-order valence-electron chi connectivity index (χ0n) is 18.9. The fourth-order valence-corrected chi connectivity index (χ4v) is 4.61. The summed E-state index contributed by atoms with van der Waals surface area (Å²) in [6, 6.07) is 14.1. The van der Waals surface area contributed by atoms with E-state index in [9.17, 15) is 17.6 Å². The quantitative estimate of drug-likeness (QED) is 0.470. The average molecular weight is 474 g/mol. The molecule has 2 aromatic carbocycles. The number of hydrogen-bond acceptors (Lipinski definition) is 5. The van der Waals surface area contributed by atoms with E-state index in [1.54, 1.807) is 36.1 Å². The molecule has 0 fully saturated rings. The molecule has 0 atom stereocenters. The Balaban J connectivity index is 1.96. The summed E-state index contributed by atoms with van der Waals surface area (Å²) in [7, 11) is 0.285. The summed E-state index contributed by atoms with van der Waals surface area (Å²) >= 11 is 0. The molecule has 3 rings (SSSR count). The minimum absolute atomic E-state index is 0.0193. The molecule has 0 aliphatic rings. The Morgan fingerprint density at radius 3 is 2.39 bits per heavy atom. The molecule has 0 radical (unpaired) electrons. The molecule has 3 aromatic rings. The Hall–Kier alpha value is -3.33. The predicted molar refractivity (Wildman–Crippen MR) is 127 cm³/mol. The van der Waals surface area contributed by atoms with Gasteiger partial charge in [0.25, 0.3) is 5.91 Å². The van der Waals surface area contributed by atoms with Crippen LogP contribution in [0, 0.1) is 5.82 Å². The van der Waals surface area contributed by atoms with Crippen LogP contribution in [0.4, 0.5) is 15.8 Å². The number of nitrogens with zero attached hydrogens (tertiary/aromatic N) is 2. The zero-order chi connectivity index (χ0) is 24.0. The number of hydrogen-bond donors (Lipinski definition) is 1. The van der Waals surface area contributed by atoms with Crippen molar-refractivity contribution >= 4 is 27.3 Å². The summed E-state index contributed by atoms with van der Waals surface area (Å²) in [5, 5.41) is 0. The van der Waals surface area contributed by atoms with Gasteiger partial charge in [-0.3, -0.25) is 9.52 Å². The molecule has 0 saturated heterocycles. The maximum atomic E-state index is 13.4. The van der Waals surface area contributed by atoms with E-state index in [0.717, 1.165) is 11.3 Å². The average Bonchev–Trinajstić information content (AvgIpc) is 3.26. The molecule has 1 amide bonds. The number of amides is 1. The van der Waals surface area contributed by atoms with E-state index in [1.807, 2.05) is 25.1 Å². The third-order valence-electron chi connectivity index (χ3n) is 4.97. The van der Waals surface area contributed by atoms with Crippen molar-refractivity contribution < 1.29 is 22.0 Å². The number of nitrogens with one attached hydrogen (secondary N) is 1. The molecule has 0 spiro atoms. The minimum Gasteiger partial charge on any atom is -0.467 e. The third kappa shape index (κ3) is 6.58. The first kappa shape index (κ1) is 24.3. The van der Waals surface area contributed by atoms with E-state index in [0.29, 0.717) is 23.4 Å². The van der Waals surface area contributed by atoms with Gasteiger partial charge in [0.1, 0.15) is 11.6 Å². The summed E-state index contributed by atoms with van der Waals surface area (Å²) < 4.78 is 45.9. The summed E-state index contributed by atoms with van der Waals surface area (Å²) in [5.41, 5.74) is 2.36. The minimum atomic E-state index is -3.46. The maximum Gasteiger partial charge on any atom is 0.254 e. The second-order valence-corrected chi connectivity index (χ2v) is 9.75. The Morgan fingerprint density at radius 2 is 1.79 bits per heavy atom. The molecule has 0 saturated carbocycles. The van der Waals surface area contributed by atoms with Crippen molar-refractivity contribution in [1.82, 2.24) is 4.90 Å². The van der Waals surface area contributed by atoms with Gasteiger partial charge in [0.2, 0.25) is 10.0 Å². The first-order valence-corrected chi connectivity index (χ1v) is 12.2. The molecule has 0 unspecified atom stereocenters. The lowest BCUT2D eigenvalue weighted by Crippen LogP contribution is -2.31. The van der Waals surface area contributed by atoms with Gasteiger partial charge in [-0.25, -0.2) is 12.8 Å². The van der Waals surface area contributed by atoms with Gasteiger partial charge >= 0.3 is 0 Å². The van der Waals surface area contributed by atoms with Crippen LogP contribution >= 0.6 is 0 Å². The van der Waals surface area contributed by atoms with Gasteiger partial charge in [-0.2, -0.15) is 0 Å². The van der Waals surface area contributed by atoms with Gasteiger partial charge in [-0.15, -0.1) is 0 Å². The summed E-state index contributed by atoms with van der Waals surface area (Å²) in [6.45, 7) is 2.18. The van der Waals surface area contributed by atoms with Gasteiger partial charge in [-0.1, -0.05) is 6.92 Å². The van der Waals surface area contributed by atoms with Gasteiger partial charge in [0.15, 0.2) is 0 Å². The lowest BCUT2D eigenvalue weighted by molar-refractivity contribution is 0.0718. The molecule has 9 heteroatoms. The number of rotatable bonds is 10. The Bertz CT molecular complexity index is 1180. The van der Waals surface area contributed by atoms with E-state index in [2.05, 4.69) is 4.72 Å². The number of sulfonamides is 1. The smallest absolute Gasteiger partial charge is 0.254 e. The molecule has 0 aliphatic carbocycles. The van der Waals surface area contributed by atoms with Crippen LogP contribution < -0.4 is 9.62 Å². The highest BCUT2D eigenvalue weighted by Gasteiger charge is 2.21. The Kier molecular flexibility index (Phi) is 7.75. The van der Waals surface area contributed by atoms with Gasteiger partial charge < -0.3 is 14.2 Å². The number of carbonyl (C=O) groups excluding carboxylic acids is 1. The second-order valence-electron chi connectivity index (χ2n) is 7.91. The van der Waals surface area contributed by atoms with Crippen LogP contribution in [0.15, 0.2) is 65.3 Å². The van der Waals surface area contributed by atoms with Gasteiger partial charge in [0.05, 0.1) is 18.6 Å². The lowest BCUT2D eigenvalue weighted by Gasteiger charge is -2.26. The van der Waals surface area contributed by atoms with Crippen molar-refractivity contribution in [2.75, 3.05) is 29.5 Å². The molecule has 1 heterocycles. The Morgan fingerprint density at radius 1 is 1.06 bits per heavy atom. The summed E-state index contributed by atoms with van der Waals surface area (Å²) in [5.74, 6) is -0.110. The lowest BCUT2D eigenvalue weighted by atomic mass is 10.1. The van der Waals surface area contributed by atoms with Crippen LogP contribution in [0.3, 0.4) is 0 Å². The number of anilines is 2. The van der Waals surface area contributed by atoms with E-state index < -0.39 is 15.8 Å². The zero-order valence-corrected chi connectivity index (χ0v) is 19.7. The molecule has 0 aliphatic heterocycles. The topological polar surface area (TPSA) is 82.9 Å². The highest BCUT2D eigenvalue weighted by atomic mass is 32.2. The largest absolute Gasteiger partial charge is 0.467 e. The van der Waals surface area contributed by atoms with E-state index >= 15 is 0 Å². The molecular weight excluding hydrogens is 445 g/mol. The summed E-state index contributed by atoms with van der Waals surface area (Å²) in [6.07, 6.45) is 2.03. The number of halogens is 1. The Labute approximate surface area is 193 Å². The SMILES string of the molecule is CCCS(=O)(=O)Nc1ccc(N(C)C)c(CN(Cc2ccco2)C(=O)c2ccc(F)cc2)c1. The van der Waals surface area contributed by atoms with Crippen LogP contribution in [0.25, 0.3) is 0 Å². The van der Waals surface area contributed by atoms with E-state index in [-0.39, 0.29) is 24.7 Å². The fraction of sp³-hybridized carbons (Fsp3) is 0.292. The molecule has 7 nitrogen and oxygen atoms in total. The normalized spacial score (nSPS) is 11.3. The first-order chi connectivity index (χ1) is 15.7. The summed E-state index contributed by atoms with van der Waals surface area (Å²) in [4.78, 5) is 16.8. The molecular formula is C24H28FN3O4S. The molecule has 176 valence electrons. The standard InChI is InChI=1S/C24H28FN3O4S/c1-4-14-33(30,31)26-21-11-12-23(27(2)3)19(15-21)16-28(17-22-6-5-13-32-22)24(29)18-7-9-20(25)10-8-18/h5-13,15,26H,4,14,16-17H2,1-3H3. The van der Waals surface area contributed by atoms with Crippen LogP contribution in [-0.2, 0) is 23.1 Å². The van der Waals surface area contributed by atoms with E-state index in [1.165, 1.54) is 30.5 Å². The number of carbonyl (C=O) groups is 1. The van der Waals surface area contributed by atoms with Crippen LogP contribution in [0.2, 0.25) is 0 Å². The van der Waals surface area contributed by atoms with Crippen molar-refractivity contribution in [3.63, 3.8) is 0 Å². The molecule has 0 bridgehead atoms. The van der Waals surface area contributed by atoms with Crippen LogP contribution in [0.1, 0.15) is 35.0 Å². The fourth-order valence-electron chi connectivity index (χ4n) is 3.48.